The van der Waals surface area contributed by atoms with Crippen molar-refractivity contribution in [3.8, 4) is 0 Å². The third kappa shape index (κ3) is 2.56. The molecule has 3 heterocycles. The van der Waals surface area contributed by atoms with Gasteiger partial charge < -0.3 is 10.4 Å². The molecule has 1 aromatic rings. The molecule has 0 saturated carbocycles. The Kier molecular flexibility index (Phi) is 3.73. The van der Waals surface area contributed by atoms with Gasteiger partial charge in [-0.3, -0.25) is 14.5 Å². The molecule has 0 bridgehead atoms. The van der Waals surface area contributed by atoms with Crippen molar-refractivity contribution in [3.63, 3.8) is 0 Å². The summed E-state index contributed by atoms with van der Waals surface area (Å²) in [5.41, 5.74) is 1.11. The highest BCUT2D eigenvalue weighted by molar-refractivity contribution is 5.88. The number of carbonyl (C=O) groups is 1. The van der Waals surface area contributed by atoms with E-state index in [0.717, 1.165) is 45.0 Å². The highest BCUT2D eigenvalue weighted by Gasteiger charge is 2.28. The van der Waals surface area contributed by atoms with Crippen LogP contribution in [0.15, 0.2) is 6.20 Å². The van der Waals surface area contributed by atoms with Crippen LogP contribution in [0.3, 0.4) is 0 Å². The van der Waals surface area contributed by atoms with Crippen molar-refractivity contribution in [2.45, 2.75) is 12.6 Å². The number of hydrogen-bond acceptors (Lipinski definition) is 5. The van der Waals surface area contributed by atoms with Gasteiger partial charge in [-0.1, -0.05) is 0 Å². The molecular weight excluding hydrogens is 258 g/mol. The Morgan fingerprint density at radius 3 is 2.65 bits per heavy atom. The Bertz CT molecular complexity index is 489. The van der Waals surface area contributed by atoms with Crippen molar-refractivity contribution in [1.82, 2.24) is 24.9 Å². The summed E-state index contributed by atoms with van der Waals surface area (Å²) in [4.78, 5) is 16.0. The number of piperazine rings is 1. The molecule has 0 spiro atoms. The summed E-state index contributed by atoms with van der Waals surface area (Å²) in [6.45, 7) is 6.96. The van der Waals surface area contributed by atoms with Gasteiger partial charge >= 0.3 is 5.97 Å². The molecule has 2 saturated heterocycles. The molecule has 0 unspecified atom stereocenters. The van der Waals surface area contributed by atoms with E-state index in [1.54, 1.807) is 11.7 Å². The van der Waals surface area contributed by atoms with Crippen LogP contribution in [0.2, 0.25) is 0 Å². The average molecular weight is 279 g/mol. The highest BCUT2D eigenvalue weighted by atomic mass is 16.4. The van der Waals surface area contributed by atoms with Gasteiger partial charge in [0.15, 0.2) is 0 Å². The van der Waals surface area contributed by atoms with Gasteiger partial charge in [-0.05, 0) is 0 Å². The standard InChI is InChI=1S/C13H21N5O2/c1-16-12(11(8-15-16)13(19)20)9-17-2-4-18(5-3-17)10-6-14-7-10/h8,10,14H,2-7,9H2,1H3,(H,19,20). The first kappa shape index (κ1) is 13.5. The van der Waals surface area contributed by atoms with Gasteiger partial charge in [0, 0.05) is 58.9 Å². The van der Waals surface area contributed by atoms with E-state index in [9.17, 15) is 9.90 Å². The molecular formula is C13H21N5O2. The maximum atomic E-state index is 11.2. The van der Waals surface area contributed by atoms with Crippen LogP contribution in [0.1, 0.15) is 16.1 Å². The lowest BCUT2D eigenvalue weighted by Gasteiger charge is -2.43. The molecule has 110 valence electrons. The molecule has 0 aliphatic carbocycles. The van der Waals surface area contributed by atoms with Crippen molar-refractivity contribution >= 4 is 5.97 Å². The molecule has 2 N–H and O–H groups in total. The Labute approximate surface area is 118 Å². The lowest BCUT2D eigenvalue weighted by atomic mass is 10.1. The van der Waals surface area contributed by atoms with Crippen LogP contribution < -0.4 is 5.32 Å². The Balaban J connectivity index is 1.59. The van der Waals surface area contributed by atoms with E-state index in [-0.39, 0.29) is 0 Å². The van der Waals surface area contributed by atoms with Crippen molar-refractivity contribution in [2.75, 3.05) is 39.3 Å². The van der Waals surface area contributed by atoms with Crippen LogP contribution in [0.25, 0.3) is 0 Å². The fraction of sp³-hybridized carbons (Fsp3) is 0.692. The largest absolute Gasteiger partial charge is 0.478 e. The Hall–Kier alpha value is -1.44. The summed E-state index contributed by atoms with van der Waals surface area (Å²) >= 11 is 0. The van der Waals surface area contributed by atoms with Crippen molar-refractivity contribution in [2.24, 2.45) is 7.05 Å². The van der Waals surface area contributed by atoms with Gasteiger partial charge in [0.2, 0.25) is 0 Å². The smallest absolute Gasteiger partial charge is 0.339 e. The predicted molar refractivity (Wildman–Crippen MR) is 73.7 cm³/mol. The number of hydrogen-bond donors (Lipinski definition) is 2. The Morgan fingerprint density at radius 2 is 2.10 bits per heavy atom. The van der Waals surface area contributed by atoms with Crippen LogP contribution in [-0.2, 0) is 13.6 Å². The van der Waals surface area contributed by atoms with Gasteiger partial charge in [0.1, 0.15) is 5.56 Å². The fourth-order valence-electron chi connectivity index (χ4n) is 2.86. The van der Waals surface area contributed by atoms with Gasteiger partial charge in [-0.2, -0.15) is 5.10 Å². The minimum Gasteiger partial charge on any atom is -0.478 e. The van der Waals surface area contributed by atoms with Gasteiger partial charge in [0.05, 0.1) is 11.9 Å². The van der Waals surface area contributed by atoms with Crippen LogP contribution in [0, 0.1) is 0 Å². The zero-order valence-electron chi connectivity index (χ0n) is 11.7. The van der Waals surface area contributed by atoms with E-state index in [1.807, 2.05) is 0 Å². The zero-order valence-corrected chi connectivity index (χ0v) is 11.7. The quantitative estimate of drug-likeness (QED) is 0.752. The van der Waals surface area contributed by atoms with Crippen molar-refractivity contribution < 1.29 is 9.90 Å². The molecule has 2 aliphatic heterocycles. The molecule has 1 aromatic heterocycles. The fourth-order valence-corrected chi connectivity index (χ4v) is 2.86. The maximum absolute atomic E-state index is 11.2. The third-order valence-corrected chi connectivity index (χ3v) is 4.35. The monoisotopic (exact) mass is 279 g/mol. The molecule has 20 heavy (non-hydrogen) atoms. The number of aromatic carboxylic acids is 1. The summed E-state index contributed by atoms with van der Waals surface area (Å²) < 4.78 is 1.67. The molecule has 2 fully saturated rings. The topological polar surface area (TPSA) is 73.6 Å². The first-order valence-electron chi connectivity index (χ1n) is 7.06. The number of aromatic nitrogens is 2. The van der Waals surface area contributed by atoms with Crippen LogP contribution >= 0.6 is 0 Å². The van der Waals surface area contributed by atoms with Gasteiger partial charge in [-0.25, -0.2) is 4.79 Å². The number of carboxylic acid groups (broad SMARTS) is 1. The number of nitrogens with one attached hydrogen (secondary N) is 1. The van der Waals surface area contributed by atoms with E-state index in [0.29, 0.717) is 18.2 Å². The maximum Gasteiger partial charge on any atom is 0.339 e. The average Bonchev–Trinajstić information content (AvgIpc) is 2.71. The second-order valence-corrected chi connectivity index (χ2v) is 5.56. The normalized spacial score (nSPS) is 21.9. The predicted octanol–water partition coefficient (Wildman–Crippen LogP) is -0.792. The minimum absolute atomic E-state index is 0.318. The lowest BCUT2D eigenvalue weighted by Crippen LogP contribution is -2.61. The van der Waals surface area contributed by atoms with Crippen LogP contribution in [-0.4, -0.2) is 76.0 Å². The second kappa shape index (κ2) is 5.51. The van der Waals surface area contributed by atoms with Crippen molar-refractivity contribution in [3.05, 3.63) is 17.5 Å². The molecule has 2 aliphatic rings. The summed E-state index contributed by atoms with van der Waals surface area (Å²) in [5.74, 6) is -0.896. The number of aryl methyl sites for hydroxylation is 1. The minimum atomic E-state index is -0.896. The lowest BCUT2D eigenvalue weighted by molar-refractivity contribution is 0.0657. The summed E-state index contributed by atoms with van der Waals surface area (Å²) in [5, 5.41) is 16.5. The number of carboxylic acids is 1. The molecule has 3 rings (SSSR count). The first-order valence-corrected chi connectivity index (χ1v) is 7.06. The molecule has 7 heteroatoms. The van der Waals surface area contributed by atoms with E-state index < -0.39 is 5.97 Å². The van der Waals surface area contributed by atoms with E-state index in [4.69, 9.17) is 0 Å². The number of rotatable bonds is 4. The van der Waals surface area contributed by atoms with Crippen LogP contribution in [0.4, 0.5) is 0 Å². The highest BCUT2D eigenvalue weighted by Crippen LogP contribution is 2.15. The van der Waals surface area contributed by atoms with E-state index in [1.165, 1.54) is 6.20 Å². The second-order valence-electron chi connectivity index (χ2n) is 5.56. The SMILES string of the molecule is Cn1ncc(C(=O)O)c1CN1CCN(C2CNC2)CC1. The zero-order chi connectivity index (χ0) is 14.1. The number of nitrogens with zero attached hydrogens (tertiary/aromatic N) is 4. The molecule has 0 atom stereocenters. The van der Waals surface area contributed by atoms with E-state index in [2.05, 4.69) is 20.2 Å². The molecule has 0 aromatic carbocycles. The molecule has 7 nitrogen and oxygen atoms in total. The van der Waals surface area contributed by atoms with Gasteiger partial charge in [-0.15, -0.1) is 0 Å². The Morgan fingerprint density at radius 1 is 1.40 bits per heavy atom. The van der Waals surface area contributed by atoms with Crippen LogP contribution in [0.5, 0.6) is 0 Å². The summed E-state index contributed by atoms with van der Waals surface area (Å²) in [6, 6.07) is 0.698. The summed E-state index contributed by atoms with van der Waals surface area (Å²) in [6.07, 6.45) is 1.44. The van der Waals surface area contributed by atoms with Gasteiger partial charge in [0.25, 0.3) is 0 Å². The van der Waals surface area contributed by atoms with E-state index >= 15 is 0 Å². The summed E-state index contributed by atoms with van der Waals surface area (Å²) in [7, 11) is 1.80. The van der Waals surface area contributed by atoms with Crippen molar-refractivity contribution in [1.29, 1.82) is 0 Å². The molecule has 0 radical (unpaired) electrons. The third-order valence-electron chi connectivity index (χ3n) is 4.35. The molecule has 0 amide bonds. The first-order chi connectivity index (χ1) is 9.65.